The minimum Gasteiger partial charge on any atom is -0.496 e. The van der Waals surface area contributed by atoms with Crippen LogP contribution in [0.5, 0.6) is 5.75 Å². The van der Waals surface area contributed by atoms with E-state index in [1.165, 1.54) is 6.07 Å². The second kappa shape index (κ2) is 6.58. The Morgan fingerprint density at radius 1 is 1.19 bits per heavy atom. The summed E-state index contributed by atoms with van der Waals surface area (Å²) in [6.45, 7) is 1.94. The number of ether oxygens (including phenoxy) is 1. The lowest BCUT2D eigenvalue weighted by Crippen LogP contribution is -2.41. The molecular weight excluding hydrogens is 333 g/mol. The third-order valence-corrected chi connectivity index (χ3v) is 4.00. The number of rotatable bonds is 5. The van der Waals surface area contributed by atoms with Gasteiger partial charge >= 0.3 is 0 Å². The van der Waals surface area contributed by atoms with Gasteiger partial charge in [0, 0.05) is 5.54 Å². The monoisotopic (exact) mass is 351 g/mol. The lowest BCUT2D eigenvalue weighted by molar-refractivity contribution is 0.411. The molecule has 0 aromatic heterocycles. The van der Waals surface area contributed by atoms with E-state index in [2.05, 4.69) is 15.9 Å². The van der Waals surface area contributed by atoms with Crippen molar-refractivity contribution in [3.8, 4) is 5.75 Å². The maximum Gasteiger partial charge on any atom is 0.133 e. The van der Waals surface area contributed by atoms with Gasteiger partial charge in [0.05, 0.1) is 11.6 Å². The molecule has 0 aliphatic carbocycles. The topological polar surface area (TPSA) is 35.2 Å². The number of benzene rings is 2. The highest BCUT2D eigenvalue weighted by Crippen LogP contribution is 2.27. The Kier molecular flexibility index (Phi) is 5.01. The summed E-state index contributed by atoms with van der Waals surface area (Å²) in [5.74, 6) is 0.580. The third-order valence-electron chi connectivity index (χ3n) is 3.38. The van der Waals surface area contributed by atoms with E-state index in [1.54, 1.807) is 19.2 Å². The normalized spacial score (nSPS) is 13.8. The average Bonchev–Trinajstić information content (AvgIpc) is 2.41. The van der Waals surface area contributed by atoms with Gasteiger partial charge in [0.1, 0.15) is 11.6 Å². The second-order valence-corrected chi connectivity index (χ2v) is 6.42. The zero-order valence-electron chi connectivity index (χ0n) is 12.2. The van der Waals surface area contributed by atoms with Gasteiger partial charge in [-0.2, -0.15) is 0 Å². The summed E-state index contributed by atoms with van der Waals surface area (Å²) in [4.78, 5) is 0. The minimum atomic E-state index is -0.518. The highest BCUT2D eigenvalue weighted by molar-refractivity contribution is 9.10. The summed E-state index contributed by atoms with van der Waals surface area (Å²) in [6.07, 6.45) is 1.15. The summed E-state index contributed by atoms with van der Waals surface area (Å²) >= 11 is 3.47. The van der Waals surface area contributed by atoms with Crippen LogP contribution in [0.3, 0.4) is 0 Å². The molecule has 0 saturated heterocycles. The largest absolute Gasteiger partial charge is 0.496 e. The average molecular weight is 352 g/mol. The van der Waals surface area contributed by atoms with E-state index < -0.39 is 5.54 Å². The standard InChI is InChI=1S/C17H19BrFNO/c1-17(20,11-13-5-3-4-6-15(13)19)10-12-7-8-16(21-2)14(18)9-12/h3-9H,10-11,20H2,1-2H3. The van der Waals surface area contributed by atoms with Crippen molar-refractivity contribution < 1.29 is 9.13 Å². The summed E-state index contributed by atoms with van der Waals surface area (Å²) in [5.41, 5.74) is 7.57. The summed E-state index contributed by atoms with van der Waals surface area (Å²) in [5, 5.41) is 0. The van der Waals surface area contributed by atoms with E-state index in [4.69, 9.17) is 10.5 Å². The Balaban J connectivity index is 2.14. The molecule has 1 atom stereocenters. The van der Waals surface area contributed by atoms with Gasteiger partial charge in [-0.05, 0) is 65.0 Å². The van der Waals surface area contributed by atoms with Crippen molar-refractivity contribution in [2.75, 3.05) is 7.11 Å². The molecule has 2 rings (SSSR count). The summed E-state index contributed by atoms with van der Waals surface area (Å²) in [6, 6.07) is 12.6. The number of methoxy groups -OCH3 is 1. The predicted octanol–water partition coefficient (Wildman–Crippen LogP) is 4.10. The van der Waals surface area contributed by atoms with Crippen LogP contribution in [0.25, 0.3) is 0 Å². The Morgan fingerprint density at radius 3 is 2.52 bits per heavy atom. The van der Waals surface area contributed by atoms with Crippen molar-refractivity contribution in [1.29, 1.82) is 0 Å². The molecule has 112 valence electrons. The fourth-order valence-electron chi connectivity index (χ4n) is 2.43. The Labute approximate surface area is 133 Å². The molecule has 0 amide bonds. The first-order chi connectivity index (χ1) is 9.91. The van der Waals surface area contributed by atoms with Crippen LogP contribution in [0.1, 0.15) is 18.1 Å². The highest BCUT2D eigenvalue weighted by atomic mass is 79.9. The molecule has 4 heteroatoms. The first kappa shape index (κ1) is 16.0. The molecule has 0 spiro atoms. The molecule has 0 aliphatic rings. The van der Waals surface area contributed by atoms with Gasteiger partial charge in [0.25, 0.3) is 0 Å². The maximum absolute atomic E-state index is 13.7. The predicted molar refractivity (Wildman–Crippen MR) is 87.1 cm³/mol. The molecule has 0 radical (unpaired) electrons. The number of hydrogen-bond acceptors (Lipinski definition) is 2. The van der Waals surface area contributed by atoms with Gasteiger partial charge in [-0.3, -0.25) is 0 Å². The van der Waals surface area contributed by atoms with E-state index in [1.807, 2.05) is 31.2 Å². The zero-order valence-corrected chi connectivity index (χ0v) is 13.8. The number of halogens is 2. The second-order valence-electron chi connectivity index (χ2n) is 5.57. The van der Waals surface area contributed by atoms with Crippen molar-refractivity contribution in [1.82, 2.24) is 0 Å². The molecule has 21 heavy (non-hydrogen) atoms. The van der Waals surface area contributed by atoms with Crippen LogP contribution in [-0.2, 0) is 12.8 Å². The molecule has 2 aromatic carbocycles. The van der Waals surface area contributed by atoms with Crippen LogP contribution in [0.2, 0.25) is 0 Å². The van der Waals surface area contributed by atoms with Gasteiger partial charge in [0.15, 0.2) is 0 Å². The molecule has 2 aromatic rings. The lowest BCUT2D eigenvalue weighted by atomic mass is 9.87. The van der Waals surface area contributed by atoms with Gasteiger partial charge in [-0.15, -0.1) is 0 Å². The fraction of sp³-hybridized carbons (Fsp3) is 0.294. The van der Waals surface area contributed by atoms with E-state index in [0.29, 0.717) is 18.4 Å². The van der Waals surface area contributed by atoms with Crippen LogP contribution in [-0.4, -0.2) is 12.6 Å². The molecule has 0 saturated carbocycles. The van der Waals surface area contributed by atoms with Crippen molar-refractivity contribution in [2.24, 2.45) is 5.73 Å². The number of nitrogens with two attached hydrogens (primary N) is 1. The molecule has 2 N–H and O–H groups in total. The highest BCUT2D eigenvalue weighted by Gasteiger charge is 2.21. The van der Waals surface area contributed by atoms with E-state index in [0.717, 1.165) is 15.8 Å². The van der Waals surface area contributed by atoms with Gasteiger partial charge < -0.3 is 10.5 Å². The molecule has 2 nitrogen and oxygen atoms in total. The van der Waals surface area contributed by atoms with E-state index >= 15 is 0 Å². The third kappa shape index (κ3) is 4.29. The van der Waals surface area contributed by atoms with Crippen molar-refractivity contribution in [3.05, 3.63) is 63.9 Å². The van der Waals surface area contributed by atoms with Gasteiger partial charge in [0.2, 0.25) is 0 Å². The fourth-order valence-corrected chi connectivity index (χ4v) is 3.01. The first-order valence-electron chi connectivity index (χ1n) is 6.76. The van der Waals surface area contributed by atoms with Crippen LogP contribution < -0.4 is 10.5 Å². The summed E-state index contributed by atoms with van der Waals surface area (Å²) < 4.78 is 19.8. The van der Waals surface area contributed by atoms with Gasteiger partial charge in [-0.1, -0.05) is 24.3 Å². The molecule has 0 fully saturated rings. The first-order valence-corrected chi connectivity index (χ1v) is 7.55. The van der Waals surface area contributed by atoms with Crippen LogP contribution in [0.15, 0.2) is 46.9 Å². The molecule has 0 bridgehead atoms. The minimum absolute atomic E-state index is 0.204. The smallest absolute Gasteiger partial charge is 0.133 e. The van der Waals surface area contributed by atoms with Crippen LogP contribution >= 0.6 is 15.9 Å². The molecule has 1 unspecified atom stereocenters. The Hall–Kier alpha value is -1.39. The van der Waals surface area contributed by atoms with Crippen molar-refractivity contribution in [3.63, 3.8) is 0 Å². The van der Waals surface area contributed by atoms with Gasteiger partial charge in [-0.25, -0.2) is 4.39 Å². The SMILES string of the molecule is COc1ccc(CC(C)(N)Cc2ccccc2F)cc1Br. The van der Waals surface area contributed by atoms with E-state index in [9.17, 15) is 4.39 Å². The van der Waals surface area contributed by atoms with Crippen LogP contribution in [0.4, 0.5) is 4.39 Å². The lowest BCUT2D eigenvalue weighted by Gasteiger charge is -2.25. The number of hydrogen-bond donors (Lipinski definition) is 1. The van der Waals surface area contributed by atoms with Crippen molar-refractivity contribution >= 4 is 15.9 Å². The quantitative estimate of drug-likeness (QED) is 0.879. The maximum atomic E-state index is 13.7. The van der Waals surface area contributed by atoms with Crippen LogP contribution in [0, 0.1) is 5.82 Å². The Bertz CT molecular complexity index is 628. The molecule has 0 aliphatic heterocycles. The van der Waals surface area contributed by atoms with Crippen molar-refractivity contribution in [2.45, 2.75) is 25.3 Å². The molecular formula is C17H19BrFNO. The zero-order chi connectivity index (χ0) is 15.5. The molecule has 0 heterocycles. The van der Waals surface area contributed by atoms with E-state index in [-0.39, 0.29) is 5.82 Å². The summed E-state index contributed by atoms with van der Waals surface area (Å²) in [7, 11) is 1.63. The Morgan fingerprint density at radius 2 is 1.90 bits per heavy atom.